The first-order chi connectivity index (χ1) is 10.1. The average Bonchev–Trinajstić information content (AvgIpc) is 3.12. The Morgan fingerprint density at radius 2 is 2.33 bits per heavy atom. The lowest BCUT2D eigenvalue weighted by Gasteiger charge is -2.04. The van der Waals surface area contributed by atoms with E-state index in [1.54, 1.807) is 12.1 Å². The van der Waals surface area contributed by atoms with Crippen LogP contribution in [0.15, 0.2) is 27.1 Å². The molecule has 2 aromatic rings. The minimum atomic E-state index is -0.264. The largest absolute Gasteiger partial charge is 0.406 e. The smallest absolute Gasteiger partial charge is 0.322 e. The van der Waals surface area contributed by atoms with Crippen molar-refractivity contribution in [3.8, 4) is 0 Å². The third-order valence-electron chi connectivity index (χ3n) is 3.44. The van der Waals surface area contributed by atoms with Gasteiger partial charge in [-0.1, -0.05) is 21.0 Å². The zero-order valence-electron chi connectivity index (χ0n) is 11.5. The Labute approximate surface area is 130 Å². The summed E-state index contributed by atoms with van der Waals surface area (Å²) in [5, 5.41) is 13.7. The van der Waals surface area contributed by atoms with E-state index in [4.69, 9.17) is 4.42 Å². The molecule has 1 atom stereocenters. The number of aryl methyl sites for hydroxylation is 1. The summed E-state index contributed by atoms with van der Waals surface area (Å²) in [6.07, 6.45) is 2.06. The molecule has 3 rings (SSSR count). The van der Waals surface area contributed by atoms with Crippen molar-refractivity contribution < 1.29 is 9.21 Å². The lowest BCUT2D eigenvalue weighted by molar-refractivity contribution is 0.102. The Morgan fingerprint density at radius 3 is 3.05 bits per heavy atom. The molecule has 0 radical (unpaired) electrons. The third kappa shape index (κ3) is 3.14. The van der Waals surface area contributed by atoms with Crippen LogP contribution in [0.4, 0.5) is 6.01 Å². The second-order valence-electron chi connectivity index (χ2n) is 5.01. The van der Waals surface area contributed by atoms with Gasteiger partial charge in [-0.2, -0.15) is 0 Å². The molecule has 2 N–H and O–H groups in total. The number of hydrogen-bond donors (Lipinski definition) is 2. The van der Waals surface area contributed by atoms with Gasteiger partial charge in [0, 0.05) is 10.0 Å². The van der Waals surface area contributed by atoms with Crippen LogP contribution in [0, 0.1) is 6.92 Å². The Kier molecular flexibility index (Phi) is 4.03. The fourth-order valence-electron chi connectivity index (χ4n) is 2.28. The standard InChI is InChI=1S/C14H15BrN4O2/c1-8-7-9(4-5-10(8)15)12(20)17-14-19-18-13(21-14)11-3-2-6-16-11/h4-5,7,11,16H,2-3,6H2,1H3,(H,17,19,20). The summed E-state index contributed by atoms with van der Waals surface area (Å²) in [4.78, 5) is 12.1. The van der Waals surface area contributed by atoms with Crippen LogP contribution in [0.2, 0.25) is 0 Å². The molecule has 0 bridgehead atoms. The number of amides is 1. The van der Waals surface area contributed by atoms with E-state index in [2.05, 4.69) is 36.8 Å². The zero-order chi connectivity index (χ0) is 14.8. The quantitative estimate of drug-likeness (QED) is 0.889. The van der Waals surface area contributed by atoms with Gasteiger partial charge < -0.3 is 9.73 Å². The van der Waals surface area contributed by atoms with Crippen LogP contribution in [0.25, 0.3) is 0 Å². The molecule has 1 unspecified atom stereocenters. The van der Waals surface area contributed by atoms with Gasteiger partial charge in [-0.3, -0.25) is 10.1 Å². The van der Waals surface area contributed by atoms with Crippen molar-refractivity contribution in [2.75, 3.05) is 11.9 Å². The highest BCUT2D eigenvalue weighted by molar-refractivity contribution is 9.10. The molecule has 2 heterocycles. The number of nitrogens with zero attached hydrogens (tertiary/aromatic N) is 2. The maximum Gasteiger partial charge on any atom is 0.322 e. The molecule has 1 aliphatic rings. The van der Waals surface area contributed by atoms with Crippen molar-refractivity contribution in [1.82, 2.24) is 15.5 Å². The highest BCUT2D eigenvalue weighted by atomic mass is 79.9. The first kappa shape index (κ1) is 14.2. The van der Waals surface area contributed by atoms with E-state index in [1.165, 1.54) is 0 Å². The molecule has 1 saturated heterocycles. The van der Waals surface area contributed by atoms with Crippen LogP contribution < -0.4 is 10.6 Å². The number of nitrogens with one attached hydrogen (secondary N) is 2. The molecule has 6 nitrogen and oxygen atoms in total. The number of carbonyl (C=O) groups is 1. The van der Waals surface area contributed by atoms with Gasteiger partial charge in [0.25, 0.3) is 5.91 Å². The van der Waals surface area contributed by atoms with Gasteiger partial charge in [0.15, 0.2) is 0 Å². The SMILES string of the molecule is Cc1cc(C(=O)Nc2nnc(C3CCCN3)o2)ccc1Br. The van der Waals surface area contributed by atoms with Crippen LogP contribution >= 0.6 is 15.9 Å². The number of rotatable bonds is 3. The lowest BCUT2D eigenvalue weighted by atomic mass is 10.1. The normalized spacial score (nSPS) is 17.9. The molecular weight excluding hydrogens is 336 g/mol. The minimum absolute atomic E-state index is 0.0954. The maximum absolute atomic E-state index is 12.1. The first-order valence-electron chi connectivity index (χ1n) is 6.78. The minimum Gasteiger partial charge on any atom is -0.406 e. The molecule has 1 amide bonds. The van der Waals surface area contributed by atoms with E-state index in [0.29, 0.717) is 11.5 Å². The predicted molar refractivity (Wildman–Crippen MR) is 81.1 cm³/mol. The number of aromatic nitrogens is 2. The number of halogens is 1. The van der Waals surface area contributed by atoms with Crippen molar-refractivity contribution in [2.24, 2.45) is 0 Å². The lowest BCUT2D eigenvalue weighted by Crippen LogP contribution is -2.13. The summed E-state index contributed by atoms with van der Waals surface area (Å²) in [6.45, 7) is 2.88. The average molecular weight is 351 g/mol. The summed E-state index contributed by atoms with van der Waals surface area (Å²) < 4.78 is 6.45. The first-order valence-corrected chi connectivity index (χ1v) is 7.57. The van der Waals surface area contributed by atoms with Crippen LogP contribution in [0.5, 0.6) is 0 Å². The molecule has 110 valence electrons. The topological polar surface area (TPSA) is 80.0 Å². The van der Waals surface area contributed by atoms with Gasteiger partial charge in [0.05, 0.1) is 6.04 Å². The zero-order valence-corrected chi connectivity index (χ0v) is 13.1. The summed E-state index contributed by atoms with van der Waals surface area (Å²) in [5.41, 5.74) is 1.54. The van der Waals surface area contributed by atoms with E-state index >= 15 is 0 Å². The number of benzene rings is 1. The van der Waals surface area contributed by atoms with E-state index in [0.717, 1.165) is 29.4 Å². The van der Waals surface area contributed by atoms with Crippen molar-refractivity contribution in [1.29, 1.82) is 0 Å². The summed E-state index contributed by atoms with van der Waals surface area (Å²) in [6, 6.07) is 5.60. The predicted octanol–water partition coefficient (Wildman–Crippen LogP) is 2.82. The fraction of sp³-hybridized carbons (Fsp3) is 0.357. The summed E-state index contributed by atoms with van der Waals surface area (Å²) in [5.74, 6) is 0.259. The van der Waals surface area contributed by atoms with Crippen molar-refractivity contribution in [3.63, 3.8) is 0 Å². The van der Waals surface area contributed by atoms with Crippen LogP contribution in [-0.2, 0) is 0 Å². The third-order valence-corrected chi connectivity index (χ3v) is 4.33. The van der Waals surface area contributed by atoms with Crippen LogP contribution in [0.1, 0.15) is 40.7 Å². The van der Waals surface area contributed by atoms with E-state index in [9.17, 15) is 4.79 Å². The number of hydrogen-bond acceptors (Lipinski definition) is 5. The molecule has 7 heteroatoms. The van der Waals surface area contributed by atoms with Crippen LogP contribution in [0.3, 0.4) is 0 Å². The molecule has 0 spiro atoms. The van der Waals surface area contributed by atoms with Gasteiger partial charge in [-0.05, 0) is 50.1 Å². The molecule has 21 heavy (non-hydrogen) atoms. The summed E-state index contributed by atoms with van der Waals surface area (Å²) in [7, 11) is 0. The highest BCUT2D eigenvalue weighted by Gasteiger charge is 2.22. The summed E-state index contributed by atoms with van der Waals surface area (Å²) >= 11 is 3.41. The second kappa shape index (κ2) is 5.95. The fourth-order valence-corrected chi connectivity index (χ4v) is 2.52. The van der Waals surface area contributed by atoms with Gasteiger partial charge in [0.1, 0.15) is 0 Å². The van der Waals surface area contributed by atoms with E-state index in [-0.39, 0.29) is 18.0 Å². The Balaban J connectivity index is 1.70. The van der Waals surface area contributed by atoms with Crippen molar-refractivity contribution in [3.05, 3.63) is 39.7 Å². The number of carbonyl (C=O) groups excluding carboxylic acids is 1. The van der Waals surface area contributed by atoms with Gasteiger partial charge >= 0.3 is 6.01 Å². The molecule has 0 saturated carbocycles. The van der Waals surface area contributed by atoms with Crippen LogP contribution in [-0.4, -0.2) is 22.6 Å². The molecule has 1 aliphatic heterocycles. The van der Waals surface area contributed by atoms with Crippen molar-refractivity contribution >= 4 is 27.9 Å². The maximum atomic E-state index is 12.1. The molecule has 0 aliphatic carbocycles. The van der Waals surface area contributed by atoms with Gasteiger partial charge in [0.2, 0.25) is 5.89 Å². The Hall–Kier alpha value is -1.73. The molecular formula is C14H15BrN4O2. The monoisotopic (exact) mass is 350 g/mol. The highest BCUT2D eigenvalue weighted by Crippen LogP contribution is 2.23. The second-order valence-corrected chi connectivity index (χ2v) is 5.87. The molecule has 1 aromatic carbocycles. The Bertz CT molecular complexity index is 665. The number of anilines is 1. The van der Waals surface area contributed by atoms with E-state index in [1.807, 2.05) is 13.0 Å². The van der Waals surface area contributed by atoms with Crippen molar-refractivity contribution in [2.45, 2.75) is 25.8 Å². The Morgan fingerprint density at radius 1 is 1.48 bits per heavy atom. The van der Waals surface area contributed by atoms with Gasteiger partial charge in [-0.15, -0.1) is 5.10 Å². The molecule has 1 aromatic heterocycles. The molecule has 1 fully saturated rings. The van der Waals surface area contributed by atoms with Gasteiger partial charge in [-0.25, -0.2) is 0 Å². The van der Waals surface area contributed by atoms with E-state index < -0.39 is 0 Å².